The second-order valence-electron chi connectivity index (χ2n) is 5.44. The van der Waals surface area contributed by atoms with Crippen LogP contribution < -0.4 is 14.8 Å². The average Bonchev–Trinajstić information content (AvgIpc) is 2.76. The van der Waals surface area contributed by atoms with Gasteiger partial charge in [-0.1, -0.05) is 6.42 Å². The lowest BCUT2D eigenvalue weighted by Crippen LogP contribution is -2.40. The molecular weight excluding hydrogens is 278 g/mol. The average molecular weight is 296 g/mol. The van der Waals surface area contributed by atoms with E-state index in [0.717, 1.165) is 31.4 Å². The van der Waals surface area contributed by atoms with Gasteiger partial charge in [-0.3, -0.25) is 4.79 Å². The Bertz CT molecular complexity index is 524. The number of alkyl halides is 1. The summed E-state index contributed by atoms with van der Waals surface area (Å²) in [5.74, 6) is 0.747. The van der Waals surface area contributed by atoms with Crippen molar-refractivity contribution in [2.75, 3.05) is 5.32 Å². The fourth-order valence-corrected chi connectivity index (χ4v) is 2.76. The zero-order chi connectivity index (χ0) is 14.2. The van der Waals surface area contributed by atoms with Crippen molar-refractivity contribution in [3.05, 3.63) is 18.2 Å². The van der Waals surface area contributed by atoms with Gasteiger partial charge in [-0.25, -0.2) is 0 Å². The summed E-state index contributed by atoms with van der Waals surface area (Å²) in [6, 6.07) is 5.45. The third-order valence-corrected chi connectivity index (χ3v) is 3.98. The Morgan fingerprint density at radius 3 is 2.65 bits per heavy atom. The number of fused-ring (bicyclic) bond motifs is 1. The Hall–Kier alpha value is -1.42. The number of halogens is 1. The van der Waals surface area contributed by atoms with E-state index < -0.39 is 11.2 Å². The van der Waals surface area contributed by atoms with Gasteiger partial charge in [-0.15, -0.1) is 11.6 Å². The maximum absolute atomic E-state index is 11.6. The van der Waals surface area contributed by atoms with Gasteiger partial charge in [0, 0.05) is 24.6 Å². The van der Waals surface area contributed by atoms with E-state index in [4.69, 9.17) is 21.1 Å². The highest BCUT2D eigenvalue weighted by Crippen LogP contribution is 2.46. The van der Waals surface area contributed by atoms with E-state index in [9.17, 15) is 4.79 Å². The molecule has 1 atom stereocenters. The molecule has 1 aliphatic carbocycles. The topological polar surface area (TPSA) is 47.6 Å². The van der Waals surface area contributed by atoms with Crippen LogP contribution in [0.5, 0.6) is 11.5 Å². The molecule has 5 heteroatoms. The maximum Gasteiger partial charge on any atom is 0.251 e. The highest BCUT2D eigenvalue weighted by molar-refractivity contribution is 6.32. The van der Waals surface area contributed by atoms with Crippen molar-refractivity contribution in [3.63, 3.8) is 0 Å². The molecular formula is C15H18ClNO3. The van der Waals surface area contributed by atoms with Gasteiger partial charge in [0.15, 0.2) is 11.5 Å². The monoisotopic (exact) mass is 295 g/mol. The third kappa shape index (κ3) is 2.57. The summed E-state index contributed by atoms with van der Waals surface area (Å²) in [6.07, 6.45) is 5.33. The molecule has 4 nitrogen and oxygen atoms in total. The molecule has 1 spiro atoms. The summed E-state index contributed by atoms with van der Waals surface area (Å²) >= 11 is 5.74. The van der Waals surface area contributed by atoms with Crippen molar-refractivity contribution in [1.82, 2.24) is 0 Å². The molecule has 108 valence electrons. The Kier molecular flexibility index (Phi) is 3.50. The van der Waals surface area contributed by atoms with Gasteiger partial charge in [0.2, 0.25) is 5.91 Å². The van der Waals surface area contributed by atoms with Crippen molar-refractivity contribution in [2.45, 2.75) is 50.2 Å². The summed E-state index contributed by atoms with van der Waals surface area (Å²) < 4.78 is 12.0. The molecule has 0 unspecified atom stereocenters. The predicted octanol–water partition coefficient (Wildman–Crippen LogP) is 3.68. The van der Waals surface area contributed by atoms with E-state index in [1.165, 1.54) is 6.42 Å². The first-order chi connectivity index (χ1) is 9.58. The second kappa shape index (κ2) is 5.17. The van der Waals surface area contributed by atoms with Crippen LogP contribution in [-0.4, -0.2) is 17.1 Å². The summed E-state index contributed by atoms with van der Waals surface area (Å²) in [6.45, 7) is 1.64. The Morgan fingerprint density at radius 2 is 1.95 bits per heavy atom. The van der Waals surface area contributed by atoms with Crippen molar-refractivity contribution in [3.8, 4) is 11.5 Å². The summed E-state index contributed by atoms with van der Waals surface area (Å²) in [7, 11) is 0. The Morgan fingerprint density at radius 1 is 1.25 bits per heavy atom. The van der Waals surface area contributed by atoms with Crippen LogP contribution in [0.4, 0.5) is 5.69 Å². The van der Waals surface area contributed by atoms with E-state index >= 15 is 0 Å². The van der Waals surface area contributed by atoms with Gasteiger partial charge in [-0.2, -0.15) is 0 Å². The molecule has 1 heterocycles. The van der Waals surface area contributed by atoms with Gasteiger partial charge in [-0.05, 0) is 31.9 Å². The molecule has 1 aliphatic heterocycles. The van der Waals surface area contributed by atoms with Crippen LogP contribution in [-0.2, 0) is 4.79 Å². The Balaban J connectivity index is 1.76. The van der Waals surface area contributed by atoms with Gasteiger partial charge in [0.05, 0.1) is 0 Å². The second-order valence-corrected chi connectivity index (χ2v) is 6.10. The summed E-state index contributed by atoms with van der Waals surface area (Å²) in [5.41, 5.74) is 0.678. The summed E-state index contributed by atoms with van der Waals surface area (Å²) in [4.78, 5) is 11.6. The number of carbonyl (C=O) groups is 1. The highest BCUT2D eigenvalue weighted by atomic mass is 35.5. The van der Waals surface area contributed by atoms with Crippen LogP contribution >= 0.6 is 11.6 Å². The predicted molar refractivity (Wildman–Crippen MR) is 77.5 cm³/mol. The molecule has 20 heavy (non-hydrogen) atoms. The van der Waals surface area contributed by atoms with Crippen LogP contribution in [0.1, 0.15) is 39.0 Å². The minimum Gasteiger partial charge on any atom is -0.448 e. The number of anilines is 1. The molecule has 1 saturated carbocycles. The van der Waals surface area contributed by atoms with Crippen molar-refractivity contribution >= 4 is 23.2 Å². The molecule has 0 saturated heterocycles. The van der Waals surface area contributed by atoms with Crippen LogP contribution in [0, 0.1) is 0 Å². The highest BCUT2D eigenvalue weighted by Gasteiger charge is 2.42. The number of hydrogen-bond donors (Lipinski definition) is 1. The maximum atomic E-state index is 11.6. The molecule has 2 aliphatic rings. The first-order valence-electron chi connectivity index (χ1n) is 7.05. The smallest absolute Gasteiger partial charge is 0.251 e. The van der Waals surface area contributed by atoms with E-state index in [1.807, 2.05) is 6.07 Å². The lowest BCUT2D eigenvalue weighted by atomic mass is 9.94. The number of hydrogen-bond acceptors (Lipinski definition) is 3. The minimum absolute atomic E-state index is 0.224. The molecule has 1 aromatic rings. The third-order valence-electron chi connectivity index (χ3n) is 3.78. The number of carbonyl (C=O) groups excluding carboxylic acids is 1. The quantitative estimate of drug-likeness (QED) is 0.847. The number of ether oxygens (including phenoxy) is 2. The van der Waals surface area contributed by atoms with E-state index in [-0.39, 0.29) is 5.91 Å². The number of rotatable bonds is 2. The van der Waals surface area contributed by atoms with Crippen molar-refractivity contribution in [2.24, 2.45) is 0 Å². The van der Waals surface area contributed by atoms with Crippen LogP contribution in [0.15, 0.2) is 18.2 Å². The Labute approximate surface area is 123 Å². The molecule has 1 fully saturated rings. The van der Waals surface area contributed by atoms with Gasteiger partial charge in [0.25, 0.3) is 5.79 Å². The van der Waals surface area contributed by atoms with E-state index in [1.54, 1.807) is 19.1 Å². The SMILES string of the molecule is C[C@H](Cl)C(=O)Nc1ccc2c(c1)OC1(CCCCC1)O2. The molecule has 1 aromatic carbocycles. The zero-order valence-corrected chi connectivity index (χ0v) is 12.2. The molecule has 0 radical (unpaired) electrons. The van der Waals surface area contributed by atoms with Crippen molar-refractivity contribution < 1.29 is 14.3 Å². The first-order valence-corrected chi connectivity index (χ1v) is 7.49. The zero-order valence-electron chi connectivity index (χ0n) is 11.4. The minimum atomic E-state index is -0.565. The van der Waals surface area contributed by atoms with Crippen LogP contribution in [0.2, 0.25) is 0 Å². The lowest BCUT2D eigenvalue weighted by molar-refractivity contribution is -0.115. The fourth-order valence-electron chi connectivity index (χ4n) is 2.71. The lowest BCUT2D eigenvalue weighted by Gasteiger charge is -2.31. The molecule has 3 rings (SSSR count). The summed E-state index contributed by atoms with van der Waals surface area (Å²) in [5, 5.41) is 2.19. The molecule has 0 bridgehead atoms. The van der Waals surface area contributed by atoms with Gasteiger partial charge in [0.1, 0.15) is 5.38 Å². The van der Waals surface area contributed by atoms with Gasteiger partial charge >= 0.3 is 0 Å². The van der Waals surface area contributed by atoms with Crippen LogP contribution in [0.3, 0.4) is 0 Å². The van der Waals surface area contributed by atoms with Crippen molar-refractivity contribution in [1.29, 1.82) is 0 Å². The van der Waals surface area contributed by atoms with E-state index in [2.05, 4.69) is 5.32 Å². The van der Waals surface area contributed by atoms with Gasteiger partial charge < -0.3 is 14.8 Å². The largest absolute Gasteiger partial charge is 0.448 e. The fraction of sp³-hybridized carbons (Fsp3) is 0.533. The van der Waals surface area contributed by atoms with Crippen LogP contribution in [0.25, 0.3) is 0 Å². The molecule has 0 aromatic heterocycles. The first kappa shape index (κ1) is 13.6. The number of benzene rings is 1. The number of amides is 1. The molecule has 1 N–H and O–H groups in total. The molecule has 1 amide bonds. The standard InChI is InChI=1S/C15H18ClNO3/c1-10(16)14(18)17-11-5-6-12-13(9-11)20-15(19-12)7-3-2-4-8-15/h5-6,9-10H,2-4,7-8H2,1H3,(H,17,18)/t10-/m0/s1. The van der Waals surface area contributed by atoms with E-state index in [0.29, 0.717) is 11.4 Å². The number of nitrogens with one attached hydrogen (secondary N) is 1. The normalized spacial score (nSPS) is 20.7.